The Kier molecular flexibility index (Phi) is 9.68. The molecule has 0 saturated heterocycles. The van der Waals surface area contributed by atoms with E-state index in [1.165, 1.54) is 56.9 Å². The third-order valence-corrected chi connectivity index (χ3v) is 5.23. The molecule has 0 radical (unpaired) electrons. The Labute approximate surface area is 160 Å². The van der Waals surface area contributed by atoms with Crippen molar-refractivity contribution < 1.29 is 4.79 Å². The zero-order valence-corrected chi connectivity index (χ0v) is 16.9. The first-order chi connectivity index (χ1) is 12.8. The molecule has 0 unspecified atom stereocenters. The average Bonchev–Trinajstić information content (AvgIpc) is 2.66. The number of hydrogen-bond donors (Lipinski definition) is 0. The summed E-state index contributed by atoms with van der Waals surface area (Å²) in [5, 5.41) is 4.18. The monoisotopic (exact) mass is 359 g/mol. The number of unbranched alkanes of at least 4 members (excludes halogenated alkanes) is 8. The van der Waals surface area contributed by atoms with Crippen LogP contribution in [0.5, 0.6) is 0 Å². The molecule has 0 aromatic carbocycles. The molecular weight excluding hydrogens is 322 g/mol. The lowest BCUT2D eigenvalue weighted by atomic mass is 10.1. The third-order valence-electron chi connectivity index (χ3n) is 5.23. The Morgan fingerprint density at radius 2 is 1.54 bits per heavy atom. The molecule has 1 aromatic rings. The van der Waals surface area contributed by atoms with E-state index in [0.29, 0.717) is 6.42 Å². The number of anilines is 1. The normalized spacial score (nSPS) is 14.1. The molecule has 4 heteroatoms. The summed E-state index contributed by atoms with van der Waals surface area (Å²) in [7, 11) is 0. The van der Waals surface area contributed by atoms with Crippen LogP contribution in [0, 0.1) is 0 Å². The van der Waals surface area contributed by atoms with Crippen LogP contribution in [0.15, 0.2) is 18.3 Å². The summed E-state index contributed by atoms with van der Waals surface area (Å²) < 4.78 is 0. The number of carbonyl (C=O) groups is 1. The second-order valence-electron chi connectivity index (χ2n) is 7.47. The van der Waals surface area contributed by atoms with Crippen molar-refractivity contribution in [2.24, 2.45) is 0 Å². The Morgan fingerprint density at radius 3 is 2.15 bits per heavy atom. The van der Waals surface area contributed by atoms with Gasteiger partial charge in [-0.1, -0.05) is 71.3 Å². The molecule has 1 aliphatic heterocycles. The molecule has 1 aromatic heterocycles. The van der Waals surface area contributed by atoms with E-state index in [1.54, 1.807) is 0 Å². The number of rotatable bonds is 13. The Hall–Kier alpha value is -1.42. The van der Waals surface area contributed by atoms with Gasteiger partial charge in [0, 0.05) is 25.7 Å². The smallest absolute Gasteiger partial charge is 0.243 e. The number of hydrogen-bond acceptors (Lipinski definition) is 3. The fourth-order valence-corrected chi connectivity index (χ4v) is 3.68. The topological polar surface area (TPSA) is 36.4 Å². The molecule has 0 N–H and O–H groups in total. The van der Waals surface area contributed by atoms with Gasteiger partial charge in [0.05, 0.1) is 0 Å². The fourth-order valence-electron chi connectivity index (χ4n) is 3.68. The highest BCUT2D eigenvalue weighted by atomic mass is 16.2. The second-order valence-corrected chi connectivity index (χ2v) is 7.47. The summed E-state index contributed by atoms with van der Waals surface area (Å²) in [6, 6.07) is 4.09. The molecular formula is C22H37N3O. The number of aryl methyl sites for hydroxylation is 1. The lowest BCUT2D eigenvalue weighted by Gasteiger charge is -2.37. The van der Waals surface area contributed by atoms with E-state index < -0.39 is 0 Å². The van der Waals surface area contributed by atoms with Gasteiger partial charge in [-0.05, 0) is 30.9 Å². The van der Waals surface area contributed by atoms with E-state index in [9.17, 15) is 4.79 Å². The van der Waals surface area contributed by atoms with Crippen LogP contribution < -0.4 is 5.01 Å². The van der Waals surface area contributed by atoms with Gasteiger partial charge in [0.15, 0.2) is 5.82 Å². The maximum absolute atomic E-state index is 12.7. The van der Waals surface area contributed by atoms with E-state index >= 15 is 0 Å². The maximum Gasteiger partial charge on any atom is 0.243 e. The Morgan fingerprint density at radius 1 is 0.923 bits per heavy atom. The number of hydrazine groups is 1. The first-order valence-corrected chi connectivity index (χ1v) is 10.8. The van der Waals surface area contributed by atoms with E-state index in [1.807, 2.05) is 17.3 Å². The predicted octanol–water partition coefficient (Wildman–Crippen LogP) is 5.52. The zero-order chi connectivity index (χ0) is 18.6. The number of fused-ring (bicyclic) bond motifs is 1. The SMILES string of the molecule is CCCCCCCN(CCCCCCC)N1C(=O)CCc2cccnc21. The van der Waals surface area contributed by atoms with Crippen molar-refractivity contribution >= 4 is 11.7 Å². The van der Waals surface area contributed by atoms with Crippen LogP contribution in [0.4, 0.5) is 5.82 Å². The van der Waals surface area contributed by atoms with Gasteiger partial charge >= 0.3 is 0 Å². The number of aromatic nitrogens is 1. The molecule has 0 atom stereocenters. The molecule has 2 heterocycles. The molecule has 0 aliphatic carbocycles. The molecule has 1 amide bonds. The van der Waals surface area contributed by atoms with Crippen molar-refractivity contribution in [1.82, 2.24) is 9.99 Å². The molecule has 1 aliphatic rings. The third kappa shape index (κ3) is 6.39. The fraction of sp³-hybridized carbons (Fsp3) is 0.727. The van der Waals surface area contributed by atoms with Gasteiger partial charge in [-0.15, -0.1) is 0 Å². The van der Waals surface area contributed by atoms with Crippen LogP contribution in [0.1, 0.15) is 90.0 Å². The van der Waals surface area contributed by atoms with Gasteiger partial charge < -0.3 is 0 Å². The van der Waals surface area contributed by atoms with Crippen LogP contribution in [0.25, 0.3) is 0 Å². The molecule has 0 spiro atoms. The van der Waals surface area contributed by atoms with E-state index in [2.05, 4.69) is 29.9 Å². The highest BCUT2D eigenvalue weighted by Crippen LogP contribution is 2.27. The standard InChI is InChI=1S/C22H37N3O/c1-3-5-7-9-11-18-24(19-12-10-8-6-4-2)25-21(26)16-15-20-14-13-17-23-22(20)25/h13-14,17H,3-12,15-16,18-19H2,1-2H3. The number of pyridine rings is 1. The van der Waals surface area contributed by atoms with Gasteiger partial charge in [0.1, 0.15) is 0 Å². The van der Waals surface area contributed by atoms with Gasteiger partial charge in [0.25, 0.3) is 0 Å². The van der Waals surface area contributed by atoms with Crippen molar-refractivity contribution in [3.8, 4) is 0 Å². The lowest BCUT2D eigenvalue weighted by molar-refractivity contribution is -0.122. The molecule has 26 heavy (non-hydrogen) atoms. The summed E-state index contributed by atoms with van der Waals surface area (Å²) in [6.07, 6.45) is 15.8. The van der Waals surface area contributed by atoms with Crippen molar-refractivity contribution in [2.75, 3.05) is 18.1 Å². The van der Waals surface area contributed by atoms with Crippen LogP contribution in [-0.2, 0) is 11.2 Å². The van der Waals surface area contributed by atoms with Gasteiger partial charge in [-0.3, -0.25) is 4.79 Å². The number of amides is 1. The molecule has 146 valence electrons. The highest BCUT2D eigenvalue weighted by molar-refractivity contribution is 5.94. The summed E-state index contributed by atoms with van der Waals surface area (Å²) >= 11 is 0. The molecule has 4 nitrogen and oxygen atoms in total. The average molecular weight is 360 g/mol. The van der Waals surface area contributed by atoms with Crippen LogP contribution in [0.2, 0.25) is 0 Å². The lowest BCUT2D eigenvalue weighted by Crippen LogP contribution is -2.50. The van der Waals surface area contributed by atoms with Gasteiger partial charge in [0.2, 0.25) is 5.91 Å². The number of nitrogens with zero attached hydrogens (tertiary/aromatic N) is 3. The van der Waals surface area contributed by atoms with Crippen LogP contribution in [0.3, 0.4) is 0 Å². The van der Waals surface area contributed by atoms with E-state index in [0.717, 1.165) is 38.2 Å². The minimum atomic E-state index is 0.207. The van der Waals surface area contributed by atoms with Crippen molar-refractivity contribution in [1.29, 1.82) is 0 Å². The largest absolute Gasteiger partial charge is 0.273 e. The summed E-state index contributed by atoms with van der Waals surface area (Å²) in [5.41, 5.74) is 1.20. The quantitative estimate of drug-likeness (QED) is 0.435. The number of carbonyl (C=O) groups excluding carboxylic acids is 1. The van der Waals surface area contributed by atoms with Gasteiger partial charge in [-0.25, -0.2) is 15.0 Å². The second kappa shape index (κ2) is 12.1. The molecule has 0 fully saturated rings. The van der Waals surface area contributed by atoms with E-state index in [-0.39, 0.29) is 5.91 Å². The zero-order valence-electron chi connectivity index (χ0n) is 16.9. The summed E-state index contributed by atoms with van der Waals surface area (Å²) in [4.78, 5) is 17.3. The van der Waals surface area contributed by atoms with Crippen molar-refractivity contribution in [2.45, 2.75) is 90.9 Å². The summed E-state index contributed by atoms with van der Waals surface area (Å²) in [5.74, 6) is 1.07. The summed E-state index contributed by atoms with van der Waals surface area (Å²) in [6.45, 7) is 6.41. The molecule has 0 bridgehead atoms. The van der Waals surface area contributed by atoms with Crippen LogP contribution >= 0.6 is 0 Å². The molecule has 2 rings (SSSR count). The minimum Gasteiger partial charge on any atom is -0.273 e. The maximum atomic E-state index is 12.7. The van der Waals surface area contributed by atoms with Gasteiger partial charge in [-0.2, -0.15) is 0 Å². The molecule has 0 saturated carbocycles. The van der Waals surface area contributed by atoms with E-state index in [4.69, 9.17) is 0 Å². The minimum absolute atomic E-state index is 0.207. The Balaban J connectivity index is 2.00. The van der Waals surface area contributed by atoms with Crippen molar-refractivity contribution in [3.63, 3.8) is 0 Å². The first kappa shape index (κ1) is 20.9. The predicted molar refractivity (Wildman–Crippen MR) is 109 cm³/mol. The Bertz CT molecular complexity index is 518. The first-order valence-electron chi connectivity index (χ1n) is 10.8. The van der Waals surface area contributed by atoms with Crippen LogP contribution in [-0.4, -0.2) is 29.0 Å². The van der Waals surface area contributed by atoms with Crippen molar-refractivity contribution in [3.05, 3.63) is 23.9 Å². The highest BCUT2D eigenvalue weighted by Gasteiger charge is 2.29.